The summed E-state index contributed by atoms with van der Waals surface area (Å²) >= 11 is 0. The first-order valence-electron chi connectivity index (χ1n) is 7.00. The Hall–Kier alpha value is -2.90. The van der Waals surface area contributed by atoms with Crippen molar-refractivity contribution in [3.05, 3.63) is 53.6 Å². The second kappa shape index (κ2) is 5.95. The van der Waals surface area contributed by atoms with E-state index in [4.69, 9.17) is 0 Å². The zero-order chi connectivity index (χ0) is 17.4. The fourth-order valence-electron chi connectivity index (χ4n) is 2.44. The van der Waals surface area contributed by atoms with Crippen LogP contribution < -0.4 is 0 Å². The molecule has 24 heavy (non-hydrogen) atoms. The van der Waals surface area contributed by atoms with Gasteiger partial charge in [0.2, 0.25) is 5.88 Å². The molecule has 0 amide bonds. The summed E-state index contributed by atoms with van der Waals surface area (Å²) in [6.45, 7) is 2.20. The van der Waals surface area contributed by atoms with Gasteiger partial charge in [-0.25, -0.2) is 17.6 Å². The lowest BCUT2D eigenvalue weighted by Gasteiger charge is -2.01. The van der Waals surface area contributed by atoms with Gasteiger partial charge in [0.15, 0.2) is 34.6 Å². The van der Waals surface area contributed by atoms with Crippen LogP contribution in [0, 0.1) is 23.3 Å². The van der Waals surface area contributed by atoms with Crippen molar-refractivity contribution in [3.63, 3.8) is 0 Å². The van der Waals surface area contributed by atoms with Crippen molar-refractivity contribution in [2.45, 2.75) is 13.5 Å². The van der Waals surface area contributed by atoms with Gasteiger partial charge >= 0.3 is 0 Å². The predicted octanol–water partition coefficient (Wildman–Crippen LogP) is 5.34. The van der Waals surface area contributed by atoms with E-state index < -0.39 is 29.0 Å². The molecule has 3 rings (SSSR count). The minimum absolute atomic E-state index is 0.0454. The van der Waals surface area contributed by atoms with Crippen molar-refractivity contribution in [1.29, 1.82) is 0 Å². The molecule has 0 aliphatic carbocycles. The average Bonchev–Trinajstić information content (AvgIpc) is 2.84. The smallest absolute Gasteiger partial charge is 0.220 e. The highest BCUT2D eigenvalue weighted by atomic mass is 19.2. The number of para-hydroxylation sites is 1. The molecule has 0 aliphatic rings. The monoisotopic (exact) mass is 337 g/mol. The first kappa shape index (κ1) is 16.0. The first-order chi connectivity index (χ1) is 11.5. The van der Waals surface area contributed by atoms with Crippen molar-refractivity contribution in [1.82, 2.24) is 4.57 Å². The second-order valence-corrected chi connectivity index (χ2v) is 4.95. The maximum absolute atomic E-state index is 13.6. The number of benzene rings is 2. The molecule has 3 aromatic rings. The summed E-state index contributed by atoms with van der Waals surface area (Å²) in [5.74, 6) is -6.74. The molecule has 0 saturated heterocycles. The molecule has 4 nitrogen and oxygen atoms in total. The normalized spacial score (nSPS) is 11.7. The van der Waals surface area contributed by atoms with Crippen LogP contribution in [0.1, 0.15) is 6.92 Å². The maximum atomic E-state index is 13.6. The largest absolute Gasteiger partial charge is 0.493 e. The summed E-state index contributed by atoms with van der Waals surface area (Å²) in [7, 11) is 0. The number of aryl methyl sites for hydroxylation is 1. The summed E-state index contributed by atoms with van der Waals surface area (Å²) in [6.07, 6.45) is 0. The van der Waals surface area contributed by atoms with Crippen LogP contribution in [-0.2, 0) is 6.54 Å². The number of azo groups is 1. The van der Waals surface area contributed by atoms with Crippen LogP contribution in [0.4, 0.5) is 28.9 Å². The minimum atomic E-state index is -1.66. The van der Waals surface area contributed by atoms with Gasteiger partial charge in [-0.05, 0) is 13.0 Å². The van der Waals surface area contributed by atoms with Crippen LogP contribution in [0.25, 0.3) is 10.9 Å². The van der Waals surface area contributed by atoms with Crippen molar-refractivity contribution < 1.29 is 22.7 Å². The van der Waals surface area contributed by atoms with E-state index in [-0.39, 0.29) is 17.6 Å². The van der Waals surface area contributed by atoms with Gasteiger partial charge in [0.1, 0.15) is 0 Å². The molecule has 0 unspecified atom stereocenters. The highest BCUT2D eigenvalue weighted by Crippen LogP contribution is 2.40. The maximum Gasteiger partial charge on any atom is 0.220 e. The highest BCUT2D eigenvalue weighted by Gasteiger charge is 2.20. The number of rotatable bonds is 3. The van der Waals surface area contributed by atoms with Crippen LogP contribution in [0.2, 0.25) is 0 Å². The van der Waals surface area contributed by atoms with Gasteiger partial charge in [-0.1, -0.05) is 18.2 Å². The zero-order valence-electron chi connectivity index (χ0n) is 12.4. The third-order valence-electron chi connectivity index (χ3n) is 3.57. The molecular weight excluding hydrogens is 326 g/mol. The van der Waals surface area contributed by atoms with Crippen molar-refractivity contribution in [2.24, 2.45) is 10.2 Å². The minimum Gasteiger partial charge on any atom is -0.493 e. The average molecular weight is 337 g/mol. The molecule has 124 valence electrons. The van der Waals surface area contributed by atoms with E-state index in [0.717, 1.165) is 0 Å². The Bertz CT molecular complexity index is 940. The highest BCUT2D eigenvalue weighted by molar-refractivity contribution is 5.94. The Labute approximate surface area is 133 Å². The van der Waals surface area contributed by atoms with E-state index in [1.165, 1.54) is 4.57 Å². The summed E-state index contributed by atoms with van der Waals surface area (Å²) < 4.78 is 55.2. The number of aromatic nitrogens is 1. The molecule has 0 fully saturated rings. The van der Waals surface area contributed by atoms with E-state index in [0.29, 0.717) is 17.4 Å². The van der Waals surface area contributed by atoms with Crippen LogP contribution in [-0.4, -0.2) is 9.67 Å². The number of aromatic hydroxyl groups is 1. The van der Waals surface area contributed by atoms with Gasteiger partial charge in [-0.15, -0.1) is 10.2 Å². The molecule has 0 atom stereocenters. The number of fused-ring (bicyclic) bond motifs is 1. The Morgan fingerprint density at radius 2 is 1.54 bits per heavy atom. The fourth-order valence-corrected chi connectivity index (χ4v) is 2.44. The van der Waals surface area contributed by atoms with Crippen LogP contribution >= 0.6 is 0 Å². The summed E-state index contributed by atoms with van der Waals surface area (Å²) in [4.78, 5) is 0. The second-order valence-electron chi connectivity index (χ2n) is 4.95. The third-order valence-corrected chi connectivity index (χ3v) is 3.57. The molecule has 2 aromatic carbocycles. The topological polar surface area (TPSA) is 49.9 Å². The Kier molecular flexibility index (Phi) is 3.96. The van der Waals surface area contributed by atoms with Gasteiger partial charge in [0, 0.05) is 18.0 Å². The van der Waals surface area contributed by atoms with Gasteiger partial charge in [0.25, 0.3) is 0 Å². The van der Waals surface area contributed by atoms with Crippen LogP contribution in [0.15, 0.2) is 40.6 Å². The number of nitrogens with zero attached hydrogens (tertiary/aromatic N) is 3. The Morgan fingerprint density at radius 1 is 0.958 bits per heavy atom. The van der Waals surface area contributed by atoms with E-state index in [2.05, 4.69) is 10.2 Å². The van der Waals surface area contributed by atoms with E-state index in [1.54, 1.807) is 31.2 Å². The molecule has 0 radical (unpaired) electrons. The molecule has 0 bridgehead atoms. The standard InChI is InChI=1S/C16H11F4N3O/c1-2-23-11-6-4-3-5-8(11)14(16(23)24)21-22-15-12(19)9(17)7-10(18)13(15)20/h3-7,24H,2H2,1H3. The first-order valence-corrected chi connectivity index (χ1v) is 7.00. The van der Waals surface area contributed by atoms with E-state index >= 15 is 0 Å². The van der Waals surface area contributed by atoms with Crippen LogP contribution in [0.5, 0.6) is 5.88 Å². The number of halogens is 4. The SMILES string of the molecule is CCn1c(O)c(N=Nc2c(F)c(F)cc(F)c2F)c2ccccc21. The molecular formula is C16H11F4N3O. The molecule has 0 saturated carbocycles. The lowest BCUT2D eigenvalue weighted by Crippen LogP contribution is -1.93. The van der Waals surface area contributed by atoms with Gasteiger partial charge in [0.05, 0.1) is 5.52 Å². The van der Waals surface area contributed by atoms with Crippen LogP contribution in [0.3, 0.4) is 0 Å². The van der Waals surface area contributed by atoms with Gasteiger partial charge < -0.3 is 9.67 Å². The Morgan fingerprint density at radius 3 is 2.17 bits per heavy atom. The lowest BCUT2D eigenvalue weighted by molar-refractivity contribution is 0.426. The molecule has 1 aromatic heterocycles. The fraction of sp³-hybridized carbons (Fsp3) is 0.125. The predicted molar refractivity (Wildman–Crippen MR) is 79.7 cm³/mol. The third kappa shape index (κ3) is 2.40. The number of hydrogen-bond acceptors (Lipinski definition) is 3. The molecule has 0 spiro atoms. The summed E-state index contributed by atoms with van der Waals surface area (Å²) in [6, 6.07) is 6.87. The van der Waals surface area contributed by atoms with Crippen molar-refractivity contribution in [3.8, 4) is 5.88 Å². The van der Waals surface area contributed by atoms with E-state index in [1.807, 2.05) is 0 Å². The zero-order valence-corrected chi connectivity index (χ0v) is 12.4. The Balaban J connectivity index is 2.18. The quantitative estimate of drug-likeness (QED) is 0.391. The molecule has 0 aliphatic heterocycles. The molecule has 1 N–H and O–H groups in total. The molecule has 8 heteroatoms. The van der Waals surface area contributed by atoms with Gasteiger partial charge in [-0.2, -0.15) is 0 Å². The van der Waals surface area contributed by atoms with Gasteiger partial charge in [-0.3, -0.25) is 0 Å². The van der Waals surface area contributed by atoms with E-state index in [9.17, 15) is 22.7 Å². The summed E-state index contributed by atoms with van der Waals surface area (Å²) in [5, 5.41) is 17.6. The lowest BCUT2D eigenvalue weighted by atomic mass is 10.2. The van der Waals surface area contributed by atoms with Crippen molar-refractivity contribution >= 4 is 22.3 Å². The molecule has 1 heterocycles. The summed E-state index contributed by atoms with van der Waals surface area (Å²) in [5.41, 5.74) is -0.603. The van der Waals surface area contributed by atoms with Crippen molar-refractivity contribution in [2.75, 3.05) is 0 Å². The number of hydrogen-bond donors (Lipinski definition) is 1.